The van der Waals surface area contributed by atoms with E-state index in [0.717, 1.165) is 12.0 Å². The maximum absolute atomic E-state index is 14.4. The lowest BCUT2D eigenvalue weighted by molar-refractivity contribution is -0.151. The average molecular weight is 589 g/mol. The van der Waals surface area contributed by atoms with Gasteiger partial charge in [-0.2, -0.15) is 0 Å². The zero-order valence-corrected chi connectivity index (χ0v) is 23.8. The van der Waals surface area contributed by atoms with E-state index < -0.39 is 35.6 Å². The summed E-state index contributed by atoms with van der Waals surface area (Å²) in [6, 6.07) is 8.05. The predicted molar refractivity (Wildman–Crippen MR) is 148 cm³/mol. The Bertz CT molecular complexity index is 1070. The van der Waals surface area contributed by atoms with E-state index in [4.69, 9.17) is 4.74 Å². The molecule has 1 aromatic carbocycles. The zero-order chi connectivity index (χ0) is 27.6. The standard InChI is InChI=1S/C29H38BrN3O5/c1-5-13-31(14-6-2)26(35)22-23-27(36)33(19(4)18-34)25(29(23)16-21(30)24(22)38-29)28(37)32(15-7-3)17-20-11-9-8-10-12-20/h5,7-12,19,21-25,34H,1,3,6,13-18H2,2,4H3/t19-,21?,22+,23+,24+,25?,29?/m1/s1. The fraction of sp³-hybridized carbons (Fsp3) is 0.552. The van der Waals surface area contributed by atoms with Crippen molar-refractivity contribution in [1.29, 1.82) is 0 Å². The smallest absolute Gasteiger partial charge is 0.249 e. The highest BCUT2D eigenvalue weighted by Crippen LogP contribution is 2.60. The number of aliphatic hydroxyl groups is 1. The monoisotopic (exact) mass is 587 g/mol. The molecule has 3 amide bonds. The number of hydrogen-bond acceptors (Lipinski definition) is 5. The van der Waals surface area contributed by atoms with Crippen LogP contribution >= 0.6 is 15.9 Å². The van der Waals surface area contributed by atoms with Crippen LogP contribution in [0, 0.1) is 11.8 Å². The maximum Gasteiger partial charge on any atom is 0.249 e. The summed E-state index contributed by atoms with van der Waals surface area (Å²) in [6.07, 6.45) is 4.01. The van der Waals surface area contributed by atoms with Crippen LogP contribution in [0.4, 0.5) is 0 Å². The van der Waals surface area contributed by atoms with Crippen LogP contribution in [0.3, 0.4) is 0 Å². The van der Waals surface area contributed by atoms with E-state index in [1.807, 2.05) is 37.3 Å². The van der Waals surface area contributed by atoms with E-state index in [9.17, 15) is 19.5 Å². The lowest BCUT2D eigenvalue weighted by Gasteiger charge is -2.38. The molecule has 0 aromatic heterocycles. The third-order valence-electron chi connectivity index (χ3n) is 8.02. The van der Waals surface area contributed by atoms with Crippen molar-refractivity contribution in [2.45, 2.75) is 61.8 Å². The lowest BCUT2D eigenvalue weighted by atomic mass is 9.70. The number of hydrogen-bond donors (Lipinski definition) is 1. The van der Waals surface area contributed by atoms with Gasteiger partial charge in [-0.15, -0.1) is 13.2 Å². The van der Waals surface area contributed by atoms with Crippen molar-refractivity contribution in [2.24, 2.45) is 11.8 Å². The number of carbonyl (C=O) groups is 3. The Hall–Kier alpha value is -2.49. The maximum atomic E-state index is 14.4. The molecular weight excluding hydrogens is 550 g/mol. The van der Waals surface area contributed by atoms with Gasteiger partial charge in [0.05, 0.1) is 30.6 Å². The number of alkyl halides is 1. The molecule has 0 aliphatic carbocycles. The first-order valence-electron chi connectivity index (χ1n) is 13.3. The summed E-state index contributed by atoms with van der Waals surface area (Å²) in [5.41, 5.74) is -0.218. The minimum Gasteiger partial charge on any atom is -0.394 e. The third-order valence-corrected chi connectivity index (χ3v) is 8.86. The first kappa shape index (κ1) is 28.5. The van der Waals surface area contributed by atoms with E-state index in [-0.39, 0.29) is 35.7 Å². The van der Waals surface area contributed by atoms with Gasteiger partial charge in [0.25, 0.3) is 0 Å². The Morgan fingerprint density at radius 3 is 2.47 bits per heavy atom. The normalized spacial score (nSPS) is 30.2. The molecule has 3 heterocycles. The molecule has 206 valence electrons. The molecule has 1 N–H and O–H groups in total. The summed E-state index contributed by atoms with van der Waals surface area (Å²) >= 11 is 3.72. The summed E-state index contributed by atoms with van der Waals surface area (Å²) in [6.45, 7) is 12.6. The molecule has 1 aromatic rings. The SMILES string of the molecule is C=CCN(Cc1ccccc1)C(=O)C1N([C@H](C)CO)C(=O)[C@@H]2[C@H](C(=O)N(CC=C)CCC)[C@H]3OC12CC3Br. The molecule has 3 aliphatic heterocycles. The van der Waals surface area contributed by atoms with Gasteiger partial charge in [0.1, 0.15) is 11.6 Å². The molecule has 4 rings (SSSR count). The van der Waals surface area contributed by atoms with Gasteiger partial charge in [0, 0.05) is 31.0 Å². The van der Waals surface area contributed by atoms with Gasteiger partial charge in [-0.25, -0.2) is 0 Å². The van der Waals surface area contributed by atoms with Gasteiger partial charge >= 0.3 is 0 Å². The Kier molecular flexibility index (Phi) is 8.79. The van der Waals surface area contributed by atoms with Gasteiger partial charge in [-0.1, -0.05) is 65.3 Å². The van der Waals surface area contributed by atoms with Crippen molar-refractivity contribution >= 4 is 33.7 Å². The second kappa shape index (κ2) is 11.7. The molecule has 8 nitrogen and oxygen atoms in total. The summed E-state index contributed by atoms with van der Waals surface area (Å²) in [5.74, 6) is -2.25. The van der Waals surface area contributed by atoms with Crippen molar-refractivity contribution in [3.63, 3.8) is 0 Å². The van der Waals surface area contributed by atoms with Crippen molar-refractivity contribution in [1.82, 2.24) is 14.7 Å². The van der Waals surface area contributed by atoms with E-state index in [0.29, 0.717) is 26.1 Å². The summed E-state index contributed by atoms with van der Waals surface area (Å²) in [7, 11) is 0. The molecule has 1 spiro atoms. The van der Waals surface area contributed by atoms with Crippen LogP contribution in [0.5, 0.6) is 0 Å². The third kappa shape index (κ3) is 4.73. The van der Waals surface area contributed by atoms with Crippen LogP contribution in [0.2, 0.25) is 0 Å². The van der Waals surface area contributed by atoms with E-state index >= 15 is 0 Å². The van der Waals surface area contributed by atoms with E-state index in [1.165, 1.54) is 4.90 Å². The molecule has 3 aliphatic rings. The molecule has 0 saturated carbocycles. The highest BCUT2D eigenvalue weighted by molar-refractivity contribution is 9.09. The van der Waals surface area contributed by atoms with Crippen LogP contribution in [0.25, 0.3) is 0 Å². The second-order valence-electron chi connectivity index (χ2n) is 10.5. The predicted octanol–water partition coefficient (Wildman–Crippen LogP) is 2.75. The number of fused-ring (bicyclic) bond motifs is 1. The number of ether oxygens (including phenoxy) is 1. The Balaban J connectivity index is 1.76. The first-order valence-corrected chi connectivity index (χ1v) is 14.2. The van der Waals surface area contributed by atoms with E-state index in [2.05, 4.69) is 29.1 Å². The summed E-state index contributed by atoms with van der Waals surface area (Å²) in [4.78, 5) is 47.1. The Morgan fingerprint density at radius 1 is 1.21 bits per heavy atom. The molecule has 2 bridgehead atoms. The Morgan fingerprint density at radius 2 is 1.87 bits per heavy atom. The van der Waals surface area contributed by atoms with Crippen LogP contribution in [-0.2, 0) is 25.7 Å². The molecule has 3 saturated heterocycles. The fourth-order valence-electron chi connectivity index (χ4n) is 6.48. The number of amides is 3. The van der Waals surface area contributed by atoms with Crippen molar-refractivity contribution < 1.29 is 24.2 Å². The topological polar surface area (TPSA) is 90.4 Å². The lowest BCUT2D eigenvalue weighted by Crippen LogP contribution is -2.58. The highest BCUT2D eigenvalue weighted by atomic mass is 79.9. The fourth-order valence-corrected chi connectivity index (χ4v) is 7.43. The number of aliphatic hydroxyl groups excluding tert-OH is 1. The average Bonchev–Trinajstić information content (AvgIpc) is 3.51. The largest absolute Gasteiger partial charge is 0.394 e. The summed E-state index contributed by atoms with van der Waals surface area (Å²) < 4.78 is 6.61. The molecule has 3 fully saturated rings. The van der Waals surface area contributed by atoms with Crippen molar-refractivity contribution in [3.05, 3.63) is 61.2 Å². The molecular formula is C29H38BrN3O5. The van der Waals surface area contributed by atoms with Crippen LogP contribution < -0.4 is 0 Å². The number of likely N-dealkylation sites (tertiary alicyclic amines) is 1. The van der Waals surface area contributed by atoms with Crippen molar-refractivity contribution in [2.75, 3.05) is 26.2 Å². The minimum atomic E-state index is -1.17. The number of carbonyl (C=O) groups excluding carboxylic acids is 3. The molecule has 3 unspecified atom stereocenters. The van der Waals surface area contributed by atoms with Gasteiger partial charge < -0.3 is 24.5 Å². The minimum absolute atomic E-state index is 0.155. The van der Waals surface area contributed by atoms with Gasteiger partial charge in [-0.3, -0.25) is 14.4 Å². The van der Waals surface area contributed by atoms with Gasteiger partial charge in [0.15, 0.2) is 0 Å². The molecule has 0 radical (unpaired) electrons. The molecule has 7 atom stereocenters. The van der Waals surface area contributed by atoms with Crippen LogP contribution in [-0.4, -0.2) is 92.4 Å². The van der Waals surface area contributed by atoms with Crippen LogP contribution in [0.15, 0.2) is 55.6 Å². The van der Waals surface area contributed by atoms with Crippen LogP contribution in [0.1, 0.15) is 32.3 Å². The van der Waals surface area contributed by atoms with E-state index in [1.54, 1.807) is 28.9 Å². The number of rotatable bonds is 12. The zero-order valence-electron chi connectivity index (χ0n) is 22.2. The van der Waals surface area contributed by atoms with Gasteiger partial charge in [-0.05, 0) is 25.3 Å². The number of benzene rings is 1. The molecule has 9 heteroatoms. The molecule has 38 heavy (non-hydrogen) atoms. The Labute approximate surface area is 233 Å². The highest BCUT2D eigenvalue weighted by Gasteiger charge is 2.77. The second-order valence-corrected chi connectivity index (χ2v) is 11.7. The number of nitrogens with zero attached hydrogens (tertiary/aromatic N) is 3. The summed E-state index contributed by atoms with van der Waals surface area (Å²) in [5, 5.41) is 10.1. The van der Waals surface area contributed by atoms with Gasteiger partial charge in [0.2, 0.25) is 17.7 Å². The quantitative estimate of drug-likeness (QED) is 0.300. The first-order chi connectivity index (χ1) is 18.2. The number of halogens is 1. The van der Waals surface area contributed by atoms with Crippen molar-refractivity contribution in [3.8, 4) is 0 Å².